The molecule has 1 aromatic rings. The topological polar surface area (TPSA) is 29.9 Å². The highest BCUT2D eigenvalue weighted by atomic mass is 15.2. The summed E-state index contributed by atoms with van der Waals surface area (Å²) < 4.78 is 1.98. The van der Waals surface area contributed by atoms with Gasteiger partial charge in [0.05, 0.1) is 0 Å². The first-order valence-corrected chi connectivity index (χ1v) is 5.37. The van der Waals surface area contributed by atoms with Gasteiger partial charge in [-0.05, 0) is 44.2 Å². The lowest BCUT2D eigenvalue weighted by atomic mass is 9.99. The van der Waals surface area contributed by atoms with Gasteiger partial charge in [-0.1, -0.05) is 0 Å². The van der Waals surface area contributed by atoms with Crippen LogP contribution in [-0.2, 0) is 13.5 Å². The Morgan fingerprint density at radius 2 is 2.36 bits per heavy atom. The van der Waals surface area contributed by atoms with Crippen molar-refractivity contribution in [1.82, 2.24) is 15.1 Å². The van der Waals surface area contributed by atoms with E-state index >= 15 is 0 Å². The number of nitrogens with one attached hydrogen (secondary N) is 1. The molecule has 1 saturated carbocycles. The van der Waals surface area contributed by atoms with E-state index in [2.05, 4.69) is 16.5 Å². The Morgan fingerprint density at radius 1 is 1.57 bits per heavy atom. The highest BCUT2D eigenvalue weighted by Crippen LogP contribution is 2.48. The van der Waals surface area contributed by atoms with Gasteiger partial charge in [0.25, 0.3) is 0 Å². The second-order valence-corrected chi connectivity index (χ2v) is 4.48. The summed E-state index contributed by atoms with van der Waals surface area (Å²) >= 11 is 0. The number of aromatic nitrogens is 2. The van der Waals surface area contributed by atoms with Gasteiger partial charge >= 0.3 is 0 Å². The quantitative estimate of drug-likeness (QED) is 0.765. The number of nitrogens with zero attached hydrogens (tertiary/aromatic N) is 2. The minimum absolute atomic E-state index is 0.610. The van der Waals surface area contributed by atoms with E-state index < -0.39 is 0 Å². The van der Waals surface area contributed by atoms with Gasteiger partial charge in [-0.3, -0.25) is 4.68 Å². The van der Waals surface area contributed by atoms with Gasteiger partial charge in [-0.25, -0.2) is 0 Å². The lowest BCUT2D eigenvalue weighted by molar-refractivity contribution is 0.438. The molecule has 0 aromatic carbocycles. The predicted molar refractivity (Wildman–Crippen MR) is 57.1 cm³/mol. The molecule has 0 bridgehead atoms. The SMILES string of the molecule is CNCC1(CCc2ccnn2C)CC1. The van der Waals surface area contributed by atoms with Gasteiger partial charge < -0.3 is 5.32 Å². The smallest absolute Gasteiger partial charge is 0.0492 e. The van der Waals surface area contributed by atoms with Gasteiger partial charge in [-0.2, -0.15) is 5.10 Å². The molecule has 2 rings (SSSR count). The molecule has 1 aromatic heterocycles. The third-order valence-electron chi connectivity index (χ3n) is 3.34. The maximum atomic E-state index is 4.18. The molecule has 0 amide bonds. The molecule has 0 atom stereocenters. The molecule has 14 heavy (non-hydrogen) atoms. The van der Waals surface area contributed by atoms with E-state index in [-0.39, 0.29) is 0 Å². The van der Waals surface area contributed by atoms with Crippen LogP contribution >= 0.6 is 0 Å². The zero-order valence-corrected chi connectivity index (χ0v) is 9.08. The molecule has 0 saturated heterocycles. The Morgan fingerprint density at radius 3 is 2.86 bits per heavy atom. The summed E-state index contributed by atoms with van der Waals surface area (Å²) in [5, 5.41) is 7.48. The lowest BCUT2D eigenvalue weighted by Gasteiger charge is -2.13. The van der Waals surface area contributed by atoms with Crippen LogP contribution in [0.2, 0.25) is 0 Å². The Labute approximate surface area is 85.5 Å². The number of hydrogen-bond donors (Lipinski definition) is 1. The van der Waals surface area contributed by atoms with Crippen LogP contribution in [0.1, 0.15) is 25.0 Å². The molecule has 0 unspecified atom stereocenters. The summed E-state index contributed by atoms with van der Waals surface area (Å²) in [4.78, 5) is 0. The largest absolute Gasteiger partial charge is 0.319 e. The van der Waals surface area contributed by atoms with Crippen molar-refractivity contribution in [2.75, 3.05) is 13.6 Å². The van der Waals surface area contributed by atoms with Crippen LogP contribution in [-0.4, -0.2) is 23.4 Å². The van der Waals surface area contributed by atoms with Crippen LogP contribution in [0.25, 0.3) is 0 Å². The molecular weight excluding hydrogens is 174 g/mol. The average molecular weight is 193 g/mol. The summed E-state index contributed by atoms with van der Waals surface area (Å²) in [5.74, 6) is 0. The second-order valence-electron chi connectivity index (χ2n) is 4.48. The van der Waals surface area contributed by atoms with Crippen LogP contribution < -0.4 is 5.32 Å². The van der Waals surface area contributed by atoms with Crippen molar-refractivity contribution >= 4 is 0 Å². The second kappa shape index (κ2) is 3.73. The van der Waals surface area contributed by atoms with E-state index in [1.807, 2.05) is 25.0 Å². The van der Waals surface area contributed by atoms with Crippen molar-refractivity contribution in [1.29, 1.82) is 0 Å². The fourth-order valence-electron chi connectivity index (χ4n) is 2.11. The molecular formula is C11H19N3. The van der Waals surface area contributed by atoms with Gasteiger partial charge in [-0.15, -0.1) is 0 Å². The molecule has 0 radical (unpaired) electrons. The third-order valence-corrected chi connectivity index (χ3v) is 3.34. The van der Waals surface area contributed by atoms with E-state index in [0.717, 1.165) is 6.42 Å². The van der Waals surface area contributed by atoms with Crippen LogP contribution in [0.3, 0.4) is 0 Å². The molecule has 1 heterocycles. The minimum atomic E-state index is 0.610. The Kier molecular flexibility index (Phi) is 2.59. The zero-order chi connectivity index (χ0) is 10.0. The van der Waals surface area contributed by atoms with Crippen LogP contribution in [0, 0.1) is 5.41 Å². The Bertz CT molecular complexity index is 299. The normalized spacial score (nSPS) is 18.4. The monoisotopic (exact) mass is 193 g/mol. The van der Waals surface area contributed by atoms with Crippen molar-refractivity contribution in [2.24, 2.45) is 12.5 Å². The van der Waals surface area contributed by atoms with Crippen molar-refractivity contribution < 1.29 is 0 Å². The van der Waals surface area contributed by atoms with Gasteiger partial charge in [0.1, 0.15) is 0 Å². The Balaban J connectivity index is 1.86. The standard InChI is InChI=1S/C11H19N3/c1-12-9-11(6-7-11)5-3-10-4-8-13-14(10)2/h4,8,12H,3,5-7,9H2,1-2H3. The zero-order valence-electron chi connectivity index (χ0n) is 9.08. The first kappa shape index (κ1) is 9.71. The summed E-state index contributed by atoms with van der Waals surface area (Å²) in [5.41, 5.74) is 1.96. The van der Waals surface area contributed by atoms with E-state index in [0.29, 0.717) is 5.41 Å². The van der Waals surface area contributed by atoms with Crippen molar-refractivity contribution in [3.63, 3.8) is 0 Å². The Hall–Kier alpha value is -0.830. The van der Waals surface area contributed by atoms with E-state index in [9.17, 15) is 0 Å². The maximum Gasteiger partial charge on any atom is 0.0492 e. The molecule has 1 aliphatic rings. The van der Waals surface area contributed by atoms with Gasteiger partial charge in [0.2, 0.25) is 0 Å². The highest BCUT2D eigenvalue weighted by molar-refractivity contribution is 5.04. The fourth-order valence-corrected chi connectivity index (χ4v) is 2.11. The number of aryl methyl sites for hydroxylation is 2. The first-order valence-electron chi connectivity index (χ1n) is 5.37. The minimum Gasteiger partial charge on any atom is -0.319 e. The van der Waals surface area contributed by atoms with E-state index in [1.165, 1.54) is 31.5 Å². The summed E-state index contributed by atoms with van der Waals surface area (Å²) in [6.07, 6.45) is 7.13. The molecule has 1 aliphatic carbocycles. The number of hydrogen-bond acceptors (Lipinski definition) is 2. The maximum absolute atomic E-state index is 4.18. The molecule has 1 N–H and O–H groups in total. The van der Waals surface area contributed by atoms with Gasteiger partial charge in [0.15, 0.2) is 0 Å². The molecule has 0 spiro atoms. The van der Waals surface area contributed by atoms with Crippen LogP contribution in [0.4, 0.5) is 0 Å². The highest BCUT2D eigenvalue weighted by Gasteiger charge is 2.41. The fraction of sp³-hybridized carbons (Fsp3) is 0.727. The van der Waals surface area contributed by atoms with Crippen molar-refractivity contribution in [3.05, 3.63) is 18.0 Å². The molecule has 3 heteroatoms. The summed E-state index contributed by atoms with van der Waals surface area (Å²) in [7, 11) is 4.07. The summed E-state index contributed by atoms with van der Waals surface area (Å²) in [6.45, 7) is 1.17. The third kappa shape index (κ3) is 1.98. The molecule has 3 nitrogen and oxygen atoms in total. The van der Waals surface area contributed by atoms with Crippen LogP contribution in [0.5, 0.6) is 0 Å². The van der Waals surface area contributed by atoms with E-state index in [1.54, 1.807) is 0 Å². The summed E-state index contributed by atoms with van der Waals surface area (Å²) in [6, 6.07) is 2.12. The van der Waals surface area contributed by atoms with Crippen molar-refractivity contribution in [3.8, 4) is 0 Å². The average Bonchev–Trinajstić information content (AvgIpc) is 2.81. The first-order chi connectivity index (χ1) is 6.76. The molecule has 1 fully saturated rings. The van der Waals surface area contributed by atoms with Crippen molar-refractivity contribution in [2.45, 2.75) is 25.7 Å². The lowest BCUT2D eigenvalue weighted by Crippen LogP contribution is -2.20. The van der Waals surface area contributed by atoms with Gasteiger partial charge in [0, 0.05) is 25.5 Å². The van der Waals surface area contributed by atoms with Crippen LogP contribution in [0.15, 0.2) is 12.3 Å². The van der Waals surface area contributed by atoms with E-state index in [4.69, 9.17) is 0 Å². The molecule has 0 aliphatic heterocycles. The molecule has 78 valence electrons. The number of rotatable bonds is 5. The predicted octanol–water partition coefficient (Wildman–Crippen LogP) is 1.35.